The van der Waals surface area contributed by atoms with Gasteiger partial charge >= 0.3 is 12.1 Å². The van der Waals surface area contributed by atoms with Gasteiger partial charge in [-0.05, 0) is 36.4 Å². The van der Waals surface area contributed by atoms with Crippen LogP contribution in [0, 0.1) is 5.82 Å². The molecule has 1 unspecified atom stereocenters. The molecule has 0 saturated heterocycles. The lowest BCUT2D eigenvalue weighted by molar-refractivity contribution is -0.159. The van der Waals surface area contributed by atoms with Gasteiger partial charge in [0.05, 0.1) is 9.73 Å². The van der Waals surface area contributed by atoms with Crippen LogP contribution in [0.2, 0.25) is 0 Å². The average molecular weight is 385 g/mol. The summed E-state index contributed by atoms with van der Waals surface area (Å²) < 4.78 is 72.1. The van der Waals surface area contributed by atoms with Gasteiger partial charge in [0.2, 0.25) is 5.82 Å². The van der Waals surface area contributed by atoms with Crippen LogP contribution in [0.15, 0.2) is 62.3 Å². The number of benzene rings is 2. The summed E-state index contributed by atoms with van der Waals surface area (Å²) in [5.74, 6) is -2.31. The predicted octanol–water partition coefficient (Wildman–Crippen LogP) is 4.68. The molecule has 0 aliphatic heterocycles. The molecule has 0 bridgehead atoms. The molecular weight excluding hydrogens is 374 g/mol. The molecule has 2 aromatic carbocycles. The third-order valence-corrected chi connectivity index (χ3v) is 5.04. The highest BCUT2D eigenvalue weighted by molar-refractivity contribution is 7.93. The van der Waals surface area contributed by atoms with E-state index in [0.717, 1.165) is 0 Å². The van der Waals surface area contributed by atoms with Gasteiger partial charge in [-0.1, -0.05) is 17.3 Å². The fourth-order valence-electron chi connectivity index (χ4n) is 2.08. The second-order valence-electron chi connectivity index (χ2n) is 5.29. The third kappa shape index (κ3) is 3.74. The Balaban J connectivity index is 1.93. The zero-order valence-corrected chi connectivity index (χ0v) is 14.0. The number of nitrogens with zero attached hydrogens (tertiary/aromatic N) is 3. The van der Waals surface area contributed by atoms with Crippen molar-refractivity contribution >= 4 is 15.4 Å². The van der Waals surface area contributed by atoms with Crippen molar-refractivity contribution in [1.82, 2.24) is 10.1 Å². The minimum atomic E-state index is -4.73. The van der Waals surface area contributed by atoms with E-state index in [9.17, 15) is 21.8 Å². The summed E-state index contributed by atoms with van der Waals surface area (Å²) in [6, 6.07) is 11.2. The van der Waals surface area contributed by atoms with Crippen LogP contribution >= 0.6 is 0 Å². The maximum atomic E-state index is 13.7. The summed E-state index contributed by atoms with van der Waals surface area (Å²) in [4.78, 5) is 3.56. The maximum absolute atomic E-state index is 13.7. The molecule has 0 spiro atoms. The number of aromatic nitrogens is 2. The standard InChI is InChI=1S/C16H11F4N3O2S/c1-26(24,23-13-5-3-2-4-12(13)17)11-8-6-10(7-9-11)14-21-15(25-22-14)16(18,19)20/h2-9H,1H3. The van der Waals surface area contributed by atoms with E-state index < -0.39 is 27.6 Å². The van der Waals surface area contributed by atoms with Crippen molar-refractivity contribution in [2.75, 3.05) is 6.26 Å². The maximum Gasteiger partial charge on any atom is 0.471 e. The van der Waals surface area contributed by atoms with Crippen LogP contribution < -0.4 is 0 Å². The first-order chi connectivity index (χ1) is 12.2. The largest absolute Gasteiger partial charge is 0.471 e. The van der Waals surface area contributed by atoms with Crippen LogP contribution in [-0.4, -0.2) is 20.6 Å². The zero-order valence-electron chi connectivity index (χ0n) is 13.2. The molecule has 0 amide bonds. The first kappa shape index (κ1) is 18.1. The van der Waals surface area contributed by atoms with Crippen LogP contribution in [0.4, 0.5) is 23.2 Å². The first-order valence-corrected chi connectivity index (χ1v) is 9.07. The van der Waals surface area contributed by atoms with Crippen LogP contribution in [-0.2, 0) is 15.9 Å². The van der Waals surface area contributed by atoms with E-state index in [1.165, 1.54) is 48.7 Å². The molecule has 0 N–H and O–H groups in total. The predicted molar refractivity (Wildman–Crippen MR) is 85.6 cm³/mol. The molecule has 26 heavy (non-hydrogen) atoms. The van der Waals surface area contributed by atoms with Crippen molar-refractivity contribution in [3.63, 3.8) is 0 Å². The second-order valence-corrected chi connectivity index (χ2v) is 7.55. The van der Waals surface area contributed by atoms with Gasteiger partial charge in [0.25, 0.3) is 0 Å². The molecule has 0 fully saturated rings. The smallest absolute Gasteiger partial charge is 0.329 e. The molecule has 1 atom stereocenters. The highest BCUT2D eigenvalue weighted by Crippen LogP contribution is 2.30. The Labute approximate surface area is 145 Å². The number of hydrogen-bond acceptors (Lipinski definition) is 5. The van der Waals surface area contributed by atoms with Gasteiger partial charge in [-0.25, -0.2) is 8.60 Å². The van der Waals surface area contributed by atoms with Crippen LogP contribution in [0.1, 0.15) is 5.89 Å². The van der Waals surface area contributed by atoms with Crippen LogP contribution in [0.25, 0.3) is 11.4 Å². The molecule has 0 saturated carbocycles. The Hall–Kier alpha value is -2.75. The quantitative estimate of drug-likeness (QED) is 0.614. The Morgan fingerprint density at radius 3 is 2.31 bits per heavy atom. The van der Waals surface area contributed by atoms with Gasteiger partial charge in [0, 0.05) is 16.7 Å². The molecule has 3 aromatic rings. The summed E-state index contributed by atoms with van der Waals surface area (Å²) >= 11 is 0. The molecule has 136 valence electrons. The molecule has 1 heterocycles. The fraction of sp³-hybridized carbons (Fsp3) is 0.125. The van der Waals surface area contributed by atoms with E-state index in [2.05, 4.69) is 19.0 Å². The lowest BCUT2D eigenvalue weighted by Crippen LogP contribution is -2.04. The highest BCUT2D eigenvalue weighted by atomic mass is 32.2. The molecule has 5 nitrogen and oxygen atoms in total. The average Bonchev–Trinajstić information content (AvgIpc) is 3.07. The fourth-order valence-corrected chi connectivity index (χ4v) is 3.35. The molecule has 10 heteroatoms. The third-order valence-electron chi connectivity index (χ3n) is 3.34. The zero-order chi connectivity index (χ0) is 18.9. The van der Waals surface area contributed by atoms with Crippen molar-refractivity contribution in [3.8, 4) is 11.4 Å². The summed E-state index contributed by atoms with van der Waals surface area (Å²) in [5.41, 5.74) is 0.200. The minimum absolute atomic E-state index is 0.0444. The SMILES string of the molecule is CS(=O)(=Nc1ccccc1F)c1ccc(-c2noc(C(F)(F)F)n2)cc1. The highest BCUT2D eigenvalue weighted by Gasteiger charge is 2.38. The Kier molecular flexibility index (Phi) is 4.53. The number of hydrogen-bond donors (Lipinski definition) is 0. The van der Waals surface area contributed by atoms with Gasteiger partial charge in [0.1, 0.15) is 11.5 Å². The topological polar surface area (TPSA) is 68.3 Å². The van der Waals surface area contributed by atoms with Crippen molar-refractivity contribution in [2.45, 2.75) is 11.1 Å². The van der Waals surface area contributed by atoms with Gasteiger partial charge in [-0.2, -0.15) is 22.5 Å². The van der Waals surface area contributed by atoms with Crippen molar-refractivity contribution in [3.05, 3.63) is 60.2 Å². The summed E-state index contributed by atoms with van der Waals surface area (Å²) in [6.45, 7) is 0. The Morgan fingerprint density at radius 2 is 1.73 bits per heavy atom. The van der Waals surface area contributed by atoms with E-state index in [-0.39, 0.29) is 22.0 Å². The van der Waals surface area contributed by atoms with Crippen molar-refractivity contribution in [1.29, 1.82) is 0 Å². The van der Waals surface area contributed by atoms with E-state index in [4.69, 9.17) is 0 Å². The Bertz CT molecular complexity index is 1050. The molecule has 0 radical (unpaired) electrons. The van der Waals surface area contributed by atoms with Gasteiger partial charge in [-0.15, -0.1) is 0 Å². The molecule has 1 aromatic heterocycles. The summed E-state index contributed by atoms with van der Waals surface area (Å²) in [6.07, 6.45) is -3.40. The molecule has 0 aliphatic carbocycles. The monoisotopic (exact) mass is 385 g/mol. The molecule has 3 rings (SSSR count). The summed E-state index contributed by atoms with van der Waals surface area (Å²) in [5, 5.41) is 3.27. The van der Waals surface area contributed by atoms with Crippen molar-refractivity contribution < 1.29 is 26.3 Å². The van der Waals surface area contributed by atoms with E-state index in [0.29, 0.717) is 0 Å². The van der Waals surface area contributed by atoms with Gasteiger partial charge in [0.15, 0.2) is 0 Å². The lowest BCUT2D eigenvalue weighted by atomic mass is 10.2. The molecular formula is C16H11F4N3O2S. The number of halogens is 4. The van der Waals surface area contributed by atoms with Crippen molar-refractivity contribution in [2.24, 2.45) is 4.36 Å². The van der Waals surface area contributed by atoms with E-state index in [1.54, 1.807) is 6.07 Å². The van der Waals surface area contributed by atoms with Gasteiger partial charge < -0.3 is 4.52 Å². The van der Waals surface area contributed by atoms with Crippen LogP contribution in [0.5, 0.6) is 0 Å². The minimum Gasteiger partial charge on any atom is -0.329 e. The normalized spacial score (nSPS) is 14.0. The van der Waals surface area contributed by atoms with Crippen LogP contribution in [0.3, 0.4) is 0 Å². The number of alkyl halides is 3. The molecule has 0 aliphatic rings. The second kappa shape index (κ2) is 6.52. The lowest BCUT2D eigenvalue weighted by Gasteiger charge is -2.06. The van der Waals surface area contributed by atoms with E-state index in [1.807, 2.05) is 0 Å². The van der Waals surface area contributed by atoms with Gasteiger partial charge in [-0.3, -0.25) is 0 Å². The van der Waals surface area contributed by atoms with E-state index >= 15 is 0 Å². The summed E-state index contributed by atoms with van der Waals surface area (Å²) in [7, 11) is -2.96. The number of rotatable bonds is 3. The Morgan fingerprint density at radius 1 is 1.08 bits per heavy atom. The first-order valence-electron chi connectivity index (χ1n) is 7.15.